The van der Waals surface area contributed by atoms with Crippen molar-refractivity contribution in [2.75, 3.05) is 0 Å². The Kier molecular flexibility index (Phi) is 4.88. The van der Waals surface area contributed by atoms with Gasteiger partial charge < -0.3 is 9.53 Å². The van der Waals surface area contributed by atoms with Crippen molar-refractivity contribution in [2.24, 2.45) is 0 Å². The molecule has 0 saturated carbocycles. The lowest BCUT2D eigenvalue weighted by atomic mass is 9.86. The molecule has 1 aliphatic carbocycles. The predicted molar refractivity (Wildman–Crippen MR) is 96.0 cm³/mol. The van der Waals surface area contributed by atoms with Crippen molar-refractivity contribution in [3.8, 4) is 5.75 Å². The molecule has 0 heterocycles. The van der Waals surface area contributed by atoms with Gasteiger partial charge in [0.1, 0.15) is 5.75 Å². The maximum Gasteiger partial charge on any atom is 0.192 e. The fourth-order valence-electron chi connectivity index (χ4n) is 2.73. The Morgan fingerprint density at radius 1 is 1.23 bits per heavy atom. The van der Waals surface area contributed by atoms with Crippen LogP contribution in [0.4, 0.5) is 0 Å². The van der Waals surface area contributed by atoms with E-state index >= 15 is 0 Å². The fraction of sp³-hybridized carbons (Fsp3) is 0.579. The van der Waals surface area contributed by atoms with Crippen LogP contribution in [0.15, 0.2) is 30.4 Å². The van der Waals surface area contributed by atoms with Gasteiger partial charge in [-0.25, -0.2) is 0 Å². The standard InChI is InChI=1S/C19H30O2Si/c1-14-11-12-15(17(20)13-14)16-9-7-8-10-18(16)21-22(5,6)19(2,3)4/h7,9,11-13,16,18,20H,8,10H2,1-6H3/t16-,18+/m1/s1. The number of rotatable bonds is 3. The van der Waals surface area contributed by atoms with Gasteiger partial charge in [0.05, 0.1) is 6.10 Å². The van der Waals surface area contributed by atoms with E-state index in [9.17, 15) is 5.11 Å². The largest absolute Gasteiger partial charge is 0.508 e. The third-order valence-electron chi connectivity index (χ3n) is 5.16. The van der Waals surface area contributed by atoms with Crippen molar-refractivity contribution in [3.63, 3.8) is 0 Å². The Morgan fingerprint density at radius 3 is 2.50 bits per heavy atom. The van der Waals surface area contributed by atoms with Gasteiger partial charge in [-0.3, -0.25) is 0 Å². The molecule has 0 aliphatic heterocycles. The van der Waals surface area contributed by atoms with Gasteiger partial charge >= 0.3 is 0 Å². The monoisotopic (exact) mass is 318 g/mol. The normalized spacial score (nSPS) is 22.8. The number of hydrogen-bond donors (Lipinski definition) is 1. The Morgan fingerprint density at radius 2 is 1.91 bits per heavy atom. The van der Waals surface area contributed by atoms with Gasteiger partial charge in [0.15, 0.2) is 8.32 Å². The van der Waals surface area contributed by atoms with E-state index in [2.05, 4.69) is 52.1 Å². The Balaban J connectivity index is 2.29. The molecule has 122 valence electrons. The quantitative estimate of drug-likeness (QED) is 0.587. The van der Waals surface area contributed by atoms with Crippen LogP contribution in [-0.4, -0.2) is 19.5 Å². The summed E-state index contributed by atoms with van der Waals surface area (Å²) in [7, 11) is -1.81. The van der Waals surface area contributed by atoms with Gasteiger partial charge in [-0.05, 0) is 49.5 Å². The van der Waals surface area contributed by atoms with Gasteiger partial charge in [-0.1, -0.05) is 45.1 Å². The zero-order valence-electron chi connectivity index (χ0n) is 14.8. The average molecular weight is 319 g/mol. The van der Waals surface area contributed by atoms with Crippen LogP contribution >= 0.6 is 0 Å². The number of phenolic OH excluding ortho intramolecular Hbond substituents is 1. The zero-order chi connectivity index (χ0) is 16.5. The molecule has 1 N–H and O–H groups in total. The lowest BCUT2D eigenvalue weighted by Crippen LogP contribution is -2.45. The van der Waals surface area contributed by atoms with Crippen molar-refractivity contribution in [1.29, 1.82) is 0 Å². The number of benzene rings is 1. The molecule has 3 heteroatoms. The van der Waals surface area contributed by atoms with E-state index in [0.29, 0.717) is 5.75 Å². The van der Waals surface area contributed by atoms with E-state index in [1.807, 2.05) is 19.1 Å². The molecule has 2 atom stereocenters. The molecule has 2 rings (SSSR count). The molecule has 0 saturated heterocycles. The molecule has 0 unspecified atom stereocenters. The molecule has 1 aromatic carbocycles. The summed E-state index contributed by atoms with van der Waals surface area (Å²) in [6, 6.07) is 5.97. The summed E-state index contributed by atoms with van der Waals surface area (Å²) < 4.78 is 6.67. The Bertz CT molecular complexity index is 555. The van der Waals surface area contributed by atoms with Gasteiger partial charge in [0.2, 0.25) is 0 Å². The SMILES string of the molecule is Cc1ccc([C@H]2C=CCC[C@@H]2O[Si](C)(C)C(C)(C)C)c(O)c1. The summed E-state index contributed by atoms with van der Waals surface area (Å²) in [6.07, 6.45) is 6.68. The smallest absolute Gasteiger partial charge is 0.192 e. The molecule has 2 nitrogen and oxygen atoms in total. The van der Waals surface area contributed by atoms with E-state index in [4.69, 9.17) is 4.43 Å². The lowest BCUT2D eigenvalue weighted by Gasteiger charge is -2.42. The van der Waals surface area contributed by atoms with Crippen molar-refractivity contribution < 1.29 is 9.53 Å². The third-order valence-corrected chi connectivity index (χ3v) is 9.66. The van der Waals surface area contributed by atoms with Crippen LogP contribution in [0.3, 0.4) is 0 Å². The Hall–Kier alpha value is -1.06. The summed E-state index contributed by atoms with van der Waals surface area (Å²) in [5.74, 6) is 0.545. The number of allylic oxidation sites excluding steroid dienone is 1. The second kappa shape index (κ2) is 6.21. The van der Waals surface area contributed by atoms with Crippen LogP contribution in [0, 0.1) is 6.92 Å². The summed E-state index contributed by atoms with van der Waals surface area (Å²) in [5, 5.41) is 10.5. The summed E-state index contributed by atoms with van der Waals surface area (Å²) in [4.78, 5) is 0. The van der Waals surface area contributed by atoms with E-state index in [-0.39, 0.29) is 17.1 Å². The minimum Gasteiger partial charge on any atom is -0.508 e. The van der Waals surface area contributed by atoms with Crippen LogP contribution in [0.1, 0.15) is 50.7 Å². The van der Waals surface area contributed by atoms with Crippen LogP contribution in [0.25, 0.3) is 0 Å². The average Bonchev–Trinajstić information content (AvgIpc) is 2.38. The molecule has 0 radical (unpaired) electrons. The van der Waals surface area contributed by atoms with Crippen LogP contribution in [-0.2, 0) is 4.43 Å². The molecular weight excluding hydrogens is 288 g/mol. The maximum absolute atomic E-state index is 10.3. The molecule has 0 spiro atoms. The van der Waals surface area contributed by atoms with E-state index in [1.54, 1.807) is 0 Å². The first-order valence-electron chi connectivity index (χ1n) is 8.26. The molecule has 0 amide bonds. The highest BCUT2D eigenvalue weighted by molar-refractivity contribution is 6.74. The summed E-state index contributed by atoms with van der Waals surface area (Å²) in [6.45, 7) is 13.4. The molecule has 22 heavy (non-hydrogen) atoms. The second-order valence-corrected chi connectivity index (χ2v) is 12.8. The highest BCUT2D eigenvalue weighted by Gasteiger charge is 2.41. The molecule has 0 bridgehead atoms. The van der Waals surface area contributed by atoms with Crippen LogP contribution in [0.5, 0.6) is 5.75 Å². The van der Waals surface area contributed by atoms with Crippen molar-refractivity contribution in [3.05, 3.63) is 41.5 Å². The van der Waals surface area contributed by atoms with Gasteiger partial charge in [0.25, 0.3) is 0 Å². The molecule has 0 aromatic heterocycles. The summed E-state index contributed by atoms with van der Waals surface area (Å²) in [5.41, 5.74) is 2.08. The lowest BCUT2D eigenvalue weighted by molar-refractivity contribution is 0.151. The second-order valence-electron chi connectivity index (χ2n) is 8.01. The maximum atomic E-state index is 10.3. The number of aromatic hydroxyl groups is 1. The van der Waals surface area contributed by atoms with Gasteiger partial charge in [0, 0.05) is 11.5 Å². The molecule has 1 aliphatic rings. The first-order valence-corrected chi connectivity index (χ1v) is 11.2. The predicted octanol–water partition coefficient (Wildman–Crippen LogP) is 5.52. The van der Waals surface area contributed by atoms with Gasteiger partial charge in [-0.15, -0.1) is 0 Å². The van der Waals surface area contributed by atoms with Crippen molar-refractivity contribution in [2.45, 2.75) is 70.7 Å². The molecule has 1 aromatic rings. The first-order chi connectivity index (χ1) is 10.1. The molecular formula is C19H30O2Si. The van der Waals surface area contributed by atoms with Crippen LogP contribution in [0.2, 0.25) is 18.1 Å². The number of hydrogen-bond acceptors (Lipinski definition) is 2. The zero-order valence-corrected chi connectivity index (χ0v) is 15.8. The third kappa shape index (κ3) is 3.64. The number of aryl methyl sites for hydroxylation is 1. The number of phenols is 1. The minimum atomic E-state index is -1.81. The van der Waals surface area contributed by atoms with E-state index in [1.165, 1.54) is 0 Å². The summed E-state index contributed by atoms with van der Waals surface area (Å²) >= 11 is 0. The fourth-order valence-corrected chi connectivity index (χ4v) is 4.11. The Labute approximate surface area is 136 Å². The van der Waals surface area contributed by atoms with E-state index in [0.717, 1.165) is 24.0 Å². The van der Waals surface area contributed by atoms with Crippen molar-refractivity contribution in [1.82, 2.24) is 0 Å². The van der Waals surface area contributed by atoms with Gasteiger partial charge in [-0.2, -0.15) is 0 Å². The van der Waals surface area contributed by atoms with Crippen molar-refractivity contribution >= 4 is 8.32 Å². The highest BCUT2D eigenvalue weighted by Crippen LogP contribution is 2.42. The highest BCUT2D eigenvalue weighted by atomic mass is 28.4. The topological polar surface area (TPSA) is 29.5 Å². The molecule has 0 fully saturated rings. The van der Waals surface area contributed by atoms with Crippen LogP contribution < -0.4 is 0 Å². The van der Waals surface area contributed by atoms with E-state index < -0.39 is 8.32 Å². The minimum absolute atomic E-state index is 0.156. The first kappa shape index (κ1) is 17.3.